The molecule has 5 nitrogen and oxygen atoms in total. The minimum Gasteiger partial charge on any atom is -0.354 e. The smallest absolute Gasteiger partial charge is 0.242 e. The first-order valence-electron chi connectivity index (χ1n) is 6.69. The molecule has 0 aliphatic rings. The monoisotopic (exact) mass is 292 g/mol. The van der Waals surface area contributed by atoms with Crippen LogP contribution in [0.1, 0.15) is 34.4 Å². The first kappa shape index (κ1) is 14.7. The molecule has 1 amide bonds. The lowest BCUT2D eigenvalue weighted by molar-refractivity contribution is -0.123. The molecule has 2 aromatic rings. The Kier molecular flexibility index (Phi) is 4.54. The molecular weight excluding hydrogens is 272 g/mol. The number of thiazole rings is 1. The molecule has 0 aliphatic carbocycles. The molecule has 1 atom stereocenters. The van der Waals surface area contributed by atoms with Crippen LogP contribution in [0.25, 0.3) is 0 Å². The third-order valence-corrected chi connectivity index (χ3v) is 4.50. The molecule has 2 heterocycles. The van der Waals surface area contributed by atoms with Gasteiger partial charge in [0.05, 0.1) is 10.7 Å². The van der Waals surface area contributed by atoms with E-state index in [9.17, 15) is 4.79 Å². The van der Waals surface area contributed by atoms with E-state index >= 15 is 0 Å². The lowest BCUT2D eigenvalue weighted by atomic mass is 10.3. The highest BCUT2D eigenvalue weighted by molar-refractivity contribution is 7.11. The Balaban J connectivity index is 1.85. The topological polar surface area (TPSA) is 59.8 Å². The van der Waals surface area contributed by atoms with Crippen molar-refractivity contribution in [3.05, 3.63) is 33.8 Å². The van der Waals surface area contributed by atoms with Crippen LogP contribution in [0.3, 0.4) is 0 Å². The van der Waals surface area contributed by atoms with Crippen molar-refractivity contribution < 1.29 is 4.79 Å². The highest BCUT2D eigenvalue weighted by Gasteiger charge is 2.15. The van der Waals surface area contributed by atoms with Gasteiger partial charge in [0.1, 0.15) is 11.9 Å². The molecule has 108 valence electrons. The number of nitrogens with zero attached hydrogens (tertiary/aromatic N) is 3. The van der Waals surface area contributed by atoms with Crippen molar-refractivity contribution in [2.24, 2.45) is 0 Å². The van der Waals surface area contributed by atoms with E-state index < -0.39 is 0 Å². The summed E-state index contributed by atoms with van der Waals surface area (Å²) in [5, 5.41) is 4.03. The maximum atomic E-state index is 12.1. The van der Waals surface area contributed by atoms with Crippen molar-refractivity contribution in [2.45, 2.75) is 40.2 Å². The summed E-state index contributed by atoms with van der Waals surface area (Å²) in [5.41, 5.74) is 1.08. The summed E-state index contributed by atoms with van der Waals surface area (Å²) < 4.78 is 1.87. The van der Waals surface area contributed by atoms with E-state index in [2.05, 4.69) is 22.2 Å². The molecule has 2 rings (SSSR count). The van der Waals surface area contributed by atoms with Gasteiger partial charge in [0.15, 0.2) is 0 Å². The van der Waals surface area contributed by atoms with Gasteiger partial charge in [-0.1, -0.05) is 0 Å². The molecule has 0 radical (unpaired) electrons. The van der Waals surface area contributed by atoms with Crippen molar-refractivity contribution in [3.8, 4) is 0 Å². The molecule has 0 aromatic carbocycles. The van der Waals surface area contributed by atoms with Gasteiger partial charge in [0.25, 0.3) is 0 Å². The number of amides is 1. The van der Waals surface area contributed by atoms with Crippen molar-refractivity contribution in [1.29, 1.82) is 0 Å². The van der Waals surface area contributed by atoms with Crippen LogP contribution >= 0.6 is 11.3 Å². The van der Waals surface area contributed by atoms with Gasteiger partial charge in [-0.05, 0) is 27.7 Å². The lowest BCUT2D eigenvalue weighted by Gasteiger charge is -2.14. The van der Waals surface area contributed by atoms with Crippen LogP contribution in [-0.4, -0.2) is 27.0 Å². The third kappa shape index (κ3) is 3.25. The van der Waals surface area contributed by atoms with Crippen molar-refractivity contribution >= 4 is 17.2 Å². The van der Waals surface area contributed by atoms with Crippen LogP contribution in [0, 0.1) is 20.8 Å². The SMILES string of the molecule is Cc1nc(CCNC(=O)C(C)n2ccnc2C)sc1C. The largest absolute Gasteiger partial charge is 0.354 e. The van der Waals surface area contributed by atoms with Gasteiger partial charge < -0.3 is 9.88 Å². The van der Waals surface area contributed by atoms with E-state index in [1.54, 1.807) is 17.5 Å². The zero-order chi connectivity index (χ0) is 14.7. The van der Waals surface area contributed by atoms with Crippen LogP contribution in [0.15, 0.2) is 12.4 Å². The standard InChI is InChI=1S/C14H20N4OS/c1-9-11(3)20-13(17-9)5-6-16-14(19)10(2)18-8-7-15-12(18)4/h7-8,10H,5-6H2,1-4H3,(H,16,19). The second-order valence-electron chi connectivity index (χ2n) is 4.85. The minimum absolute atomic E-state index is 0.0103. The van der Waals surface area contributed by atoms with Gasteiger partial charge in [0.2, 0.25) is 5.91 Å². The number of aryl methyl sites for hydroxylation is 3. The fourth-order valence-electron chi connectivity index (χ4n) is 2.01. The number of rotatable bonds is 5. The predicted octanol–water partition coefficient (Wildman–Crippen LogP) is 2.18. The minimum atomic E-state index is -0.239. The Morgan fingerprint density at radius 3 is 2.75 bits per heavy atom. The van der Waals surface area contributed by atoms with E-state index in [-0.39, 0.29) is 11.9 Å². The Bertz CT molecular complexity index is 583. The normalized spacial score (nSPS) is 12.4. The second kappa shape index (κ2) is 6.17. The molecule has 1 unspecified atom stereocenters. The second-order valence-corrected chi connectivity index (χ2v) is 6.14. The number of carbonyl (C=O) groups is 1. The van der Waals surface area contributed by atoms with E-state index in [0.717, 1.165) is 22.9 Å². The highest BCUT2D eigenvalue weighted by Crippen LogP contribution is 2.16. The molecule has 0 saturated heterocycles. The maximum absolute atomic E-state index is 12.1. The molecule has 0 saturated carbocycles. The third-order valence-electron chi connectivity index (χ3n) is 3.37. The van der Waals surface area contributed by atoms with Crippen molar-refractivity contribution in [2.75, 3.05) is 6.54 Å². The molecule has 20 heavy (non-hydrogen) atoms. The summed E-state index contributed by atoms with van der Waals surface area (Å²) in [6.07, 6.45) is 4.31. The molecule has 6 heteroatoms. The molecule has 0 bridgehead atoms. The number of hydrogen-bond donors (Lipinski definition) is 1. The Morgan fingerprint density at radius 2 is 2.20 bits per heavy atom. The fraction of sp³-hybridized carbons (Fsp3) is 0.500. The molecule has 2 aromatic heterocycles. The summed E-state index contributed by atoms with van der Waals surface area (Å²) in [5.74, 6) is 0.856. The fourth-order valence-corrected chi connectivity index (χ4v) is 2.94. The van der Waals surface area contributed by atoms with E-state index in [1.165, 1.54) is 4.88 Å². The average molecular weight is 292 g/mol. The highest BCUT2D eigenvalue weighted by atomic mass is 32.1. The summed E-state index contributed by atoms with van der Waals surface area (Å²) >= 11 is 1.70. The zero-order valence-electron chi connectivity index (χ0n) is 12.3. The Labute approximate surface area is 123 Å². The van der Waals surface area contributed by atoms with Crippen LogP contribution in [-0.2, 0) is 11.2 Å². The van der Waals surface area contributed by atoms with E-state index in [0.29, 0.717) is 6.54 Å². The van der Waals surface area contributed by atoms with Crippen LogP contribution in [0.2, 0.25) is 0 Å². The van der Waals surface area contributed by atoms with Gasteiger partial charge in [0, 0.05) is 30.2 Å². The average Bonchev–Trinajstić information content (AvgIpc) is 2.95. The number of carbonyl (C=O) groups excluding carboxylic acids is 1. The van der Waals surface area contributed by atoms with Crippen LogP contribution in [0.5, 0.6) is 0 Å². The van der Waals surface area contributed by atoms with Gasteiger partial charge >= 0.3 is 0 Å². The summed E-state index contributed by atoms with van der Waals surface area (Å²) in [4.78, 5) is 21.9. The molecule has 1 N–H and O–H groups in total. The summed E-state index contributed by atoms with van der Waals surface area (Å²) in [7, 11) is 0. The summed E-state index contributed by atoms with van der Waals surface area (Å²) in [6, 6.07) is -0.239. The molecule has 0 spiro atoms. The molecule has 0 aliphatic heterocycles. The number of hydrogen-bond acceptors (Lipinski definition) is 4. The predicted molar refractivity (Wildman–Crippen MR) is 80.0 cm³/mol. The maximum Gasteiger partial charge on any atom is 0.242 e. The Morgan fingerprint density at radius 1 is 1.45 bits per heavy atom. The van der Waals surface area contributed by atoms with Gasteiger partial charge in [-0.2, -0.15) is 0 Å². The first-order chi connectivity index (χ1) is 9.49. The molecular formula is C14H20N4OS. The number of aromatic nitrogens is 3. The van der Waals surface area contributed by atoms with Crippen molar-refractivity contribution in [1.82, 2.24) is 19.9 Å². The van der Waals surface area contributed by atoms with Crippen LogP contribution in [0.4, 0.5) is 0 Å². The van der Waals surface area contributed by atoms with E-state index in [4.69, 9.17) is 0 Å². The summed E-state index contributed by atoms with van der Waals surface area (Å²) in [6.45, 7) is 8.46. The lowest BCUT2D eigenvalue weighted by Crippen LogP contribution is -2.32. The number of imidazole rings is 1. The van der Waals surface area contributed by atoms with Crippen molar-refractivity contribution in [3.63, 3.8) is 0 Å². The Hall–Kier alpha value is -1.69. The quantitative estimate of drug-likeness (QED) is 0.919. The zero-order valence-corrected chi connectivity index (χ0v) is 13.1. The first-order valence-corrected chi connectivity index (χ1v) is 7.50. The number of nitrogens with one attached hydrogen (secondary N) is 1. The van der Waals surface area contributed by atoms with Gasteiger partial charge in [-0.25, -0.2) is 9.97 Å². The van der Waals surface area contributed by atoms with E-state index in [1.807, 2.05) is 31.5 Å². The van der Waals surface area contributed by atoms with Gasteiger partial charge in [-0.15, -0.1) is 11.3 Å². The van der Waals surface area contributed by atoms with Gasteiger partial charge in [-0.3, -0.25) is 4.79 Å². The molecule has 0 fully saturated rings. The van der Waals surface area contributed by atoms with Crippen LogP contribution < -0.4 is 5.32 Å².